The Morgan fingerprint density at radius 1 is 1.32 bits per heavy atom. The quantitative estimate of drug-likeness (QED) is 0.701. The third kappa shape index (κ3) is 4.45. The first kappa shape index (κ1) is 19.6. The predicted octanol–water partition coefficient (Wildman–Crippen LogP) is 3.47. The Morgan fingerprint density at radius 2 is 2.00 bits per heavy atom. The lowest BCUT2D eigenvalue weighted by atomic mass is 10.3. The highest BCUT2D eigenvalue weighted by atomic mass is 79.9. The topological polar surface area (TPSA) is 64.7 Å². The smallest absolute Gasteiger partial charge is 0.282 e. The van der Waals surface area contributed by atoms with E-state index in [0.29, 0.717) is 25.2 Å². The van der Waals surface area contributed by atoms with E-state index in [4.69, 9.17) is 0 Å². The first-order valence-corrected chi connectivity index (χ1v) is 8.83. The van der Waals surface area contributed by atoms with Crippen LogP contribution < -0.4 is 5.32 Å². The molecule has 1 amide bonds. The molecule has 2 aromatic heterocycles. The zero-order valence-electron chi connectivity index (χ0n) is 14.7. The van der Waals surface area contributed by atoms with Gasteiger partial charge in [-0.2, -0.15) is 10.2 Å². The highest BCUT2D eigenvalue weighted by Crippen LogP contribution is 2.21. The van der Waals surface area contributed by atoms with Crippen molar-refractivity contribution in [1.29, 1.82) is 0 Å². The van der Waals surface area contributed by atoms with Gasteiger partial charge in [0.05, 0.1) is 10.2 Å². The summed E-state index contributed by atoms with van der Waals surface area (Å²) < 4.78 is 29.6. The molecule has 9 heteroatoms. The minimum absolute atomic E-state index is 0.249. The molecule has 25 heavy (non-hydrogen) atoms. The molecule has 0 aromatic carbocycles. The van der Waals surface area contributed by atoms with Gasteiger partial charge in [-0.25, -0.2) is 8.78 Å². The summed E-state index contributed by atoms with van der Waals surface area (Å²) in [6, 6.07) is 0.658. The van der Waals surface area contributed by atoms with Crippen LogP contribution in [0.1, 0.15) is 48.6 Å². The number of aryl methyl sites for hydroxylation is 3. The van der Waals surface area contributed by atoms with Crippen LogP contribution in [0.15, 0.2) is 10.5 Å². The molecule has 1 atom stereocenters. The molecular weight excluding hydrogens is 396 g/mol. The van der Waals surface area contributed by atoms with Gasteiger partial charge in [-0.05, 0) is 56.1 Å². The SMILES string of the molecule is Cc1nn(CCCNC(=O)C(C)n2nc(C(F)F)cc2C)c(C)c1Br. The van der Waals surface area contributed by atoms with Crippen molar-refractivity contribution in [1.82, 2.24) is 24.9 Å². The lowest BCUT2D eigenvalue weighted by Crippen LogP contribution is -2.33. The number of hydrogen-bond donors (Lipinski definition) is 1. The fourth-order valence-corrected chi connectivity index (χ4v) is 2.89. The van der Waals surface area contributed by atoms with Crippen molar-refractivity contribution in [2.45, 2.75) is 53.1 Å². The first-order chi connectivity index (χ1) is 11.7. The number of nitrogens with zero attached hydrogens (tertiary/aromatic N) is 4. The van der Waals surface area contributed by atoms with Crippen molar-refractivity contribution in [2.75, 3.05) is 6.54 Å². The molecule has 0 aliphatic heterocycles. The minimum atomic E-state index is -2.64. The van der Waals surface area contributed by atoms with E-state index in [1.807, 2.05) is 18.5 Å². The number of aromatic nitrogens is 4. The summed E-state index contributed by atoms with van der Waals surface area (Å²) >= 11 is 3.48. The Morgan fingerprint density at radius 3 is 2.52 bits per heavy atom. The number of amides is 1. The van der Waals surface area contributed by atoms with Crippen LogP contribution in [0.4, 0.5) is 8.78 Å². The van der Waals surface area contributed by atoms with Crippen LogP contribution in [0.3, 0.4) is 0 Å². The van der Waals surface area contributed by atoms with Crippen LogP contribution in [0.5, 0.6) is 0 Å². The fourth-order valence-electron chi connectivity index (χ4n) is 2.60. The van der Waals surface area contributed by atoms with Gasteiger partial charge in [0, 0.05) is 24.5 Å². The molecule has 2 aromatic rings. The minimum Gasteiger partial charge on any atom is -0.354 e. The van der Waals surface area contributed by atoms with Gasteiger partial charge in [-0.3, -0.25) is 14.2 Å². The molecule has 0 fully saturated rings. The second kappa shape index (κ2) is 8.07. The van der Waals surface area contributed by atoms with Gasteiger partial charge in [0.25, 0.3) is 6.43 Å². The van der Waals surface area contributed by atoms with Crippen molar-refractivity contribution in [3.05, 3.63) is 33.3 Å². The summed E-state index contributed by atoms with van der Waals surface area (Å²) in [6.45, 7) is 8.36. The summed E-state index contributed by atoms with van der Waals surface area (Å²) in [6.07, 6.45) is -1.93. The number of hydrogen-bond acceptors (Lipinski definition) is 3. The van der Waals surface area contributed by atoms with Crippen LogP contribution in [-0.4, -0.2) is 32.0 Å². The highest BCUT2D eigenvalue weighted by molar-refractivity contribution is 9.10. The predicted molar refractivity (Wildman–Crippen MR) is 93.7 cm³/mol. The molecule has 0 bridgehead atoms. The van der Waals surface area contributed by atoms with Crippen LogP contribution in [0.2, 0.25) is 0 Å². The fraction of sp³-hybridized carbons (Fsp3) is 0.562. The summed E-state index contributed by atoms with van der Waals surface area (Å²) in [5.41, 5.74) is 2.20. The van der Waals surface area contributed by atoms with Crippen LogP contribution in [-0.2, 0) is 11.3 Å². The maximum absolute atomic E-state index is 12.7. The van der Waals surface area contributed by atoms with E-state index in [9.17, 15) is 13.6 Å². The Labute approximate surface area is 153 Å². The van der Waals surface area contributed by atoms with E-state index in [1.165, 1.54) is 10.7 Å². The zero-order valence-corrected chi connectivity index (χ0v) is 16.3. The third-order valence-corrected chi connectivity index (χ3v) is 5.20. The zero-order chi connectivity index (χ0) is 18.7. The molecule has 0 aliphatic rings. The monoisotopic (exact) mass is 417 g/mol. The van der Waals surface area contributed by atoms with Gasteiger partial charge >= 0.3 is 0 Å². The largest absolute Gasteiger partial charge is 0.354 e. The molecule has 2 rings (SSSR count). The van der Waals surface area contributed by atoms with Gasteiger partial charge in [0.1, 0.15) is 11.7 Å². The van der Waals surface area contributed by atoms with Crippen LogP contribution >= 0.6 is 15.9 Å². The first-order valence-electron chi connectivity index (χ1n) is 8.03. The summed E-state index contributed by atoms with van der Waals surface area (Å²) in [5, 5.41) is 11.0. The number of alkyl halides is 2. The summed E-state index contributed by atoms with van der Waals surface area (Å²) in [7, 11) is 0. The molecule has 0 saturated heterocycles. The van der Waals surface area contributed by atoms with Crippen molar-refractivity contribution in [3.8, 4) is 0 Å². The van der Waals surface area contributed by atoms with Crippen LogP contribution in [0.25, 0.3) is 0 Å². The molecule has 1 unspecified atom stereocenters. The third-order valence-electron chi connectivity index (χ3n) is 4.05. The van der Waals surface area contributed by atoms with E-state index < -0.39 is 12.5 Å². The van der Waals surface area contributed by atoms with Crippen LogP contribution in [0, 0.1) is 20.8 Å². The Bertz CT molecular complexity index is 756. The van der Waals surface area contributed by atoms with Crippen molar-refractivity contribution < 1.29 is 13.6 Å². The number of halogens is 3. The maximum atomic E-state index is 12.7. The Kier molecular flexibility index (Phi) is 6.31. The van der Waals surface area contributed by atoms with Crippen molar-refractivity contribution >= 4 is 21.8 Å². The molecule has 0 aliphatic carbocycles. The Balaban J connectivity index is 1.86. The average molecular weight is 418 g/mol. The van der Waals surface area contributed by atoms with E-state index in [1.54, 1.807) is 13.8 Å². The standard InChI is InChI=1S/C16H22BrF2N5O/c1-9-8-13(15(18)19)22-24(9)12(4)16(25)20-6-5-7-23-11(3)14(17)10(2)21-23/h8,12,15H,5-7H2,1-4H3,(H,20,25). The molecule has 1 N–H and O–H groups in total. The summed E-state index contributed by atoms with van der Waals surface area (Å²) in [4.78, 5) is 12.2. The van der Waals surface area contributed by atoms with Crippen molar-refractivity contribution in [3.63, 3.8) is 0 Å². The Hall–Kier alpha value is -1.77. The maximum Gasteiger partial charge on any atom is 0.282 e. The number of carbonyl (C=O) groups is 1. The van der Waals surface area contributed by atoms with Gasteiger partial charge < -0.3 is 5.32 Å². The van der Waals surface area contributed by atoms with Crippen molar-refractivity contribution in [2.24, 2.45) is 0 Å². The van der Waals surface area contributed by atoms with Gasteiger partial charge in [0.2, 0.25) is 5.91 Å². The number of nitrogens with one attached hydrogen (secondary N) is 1. The molecule has 138 valence electrons. The lowest BCUT2D eigenvalue weighted by molar-refractivity contribution is -0.124. The average Bonchev–Trinajstić information content (AvgIpc) is 3.06. The van der Waals surface area contributed by atoms with Gasteiger partial charge in [-0.15, -0.1) is 0 Å². The molecular formula is C16H22BrF2N5O. The van der Waals surface area contributed by atoms with E-state index >= 15 is 0 Å². The molecule has 6 nitrogen and oxygen atoms in total. The summed E-state index contributed by atoms with van der Waals surface area (Å²) in [5.74, 6) is -0.249. The normalized spacial score (nSPS) is 12.6. The molecule has 2 heterocycles. The van der Waals surface area contributed by atoms with E-state index in [2.05, 4.69) is 31.4 Å². The molecule has 0 saturated carbocycles. The highest BCUT2D eigenvalue weighted by Gasteiger charge is 2.21. The number of rotatable bonds is 7. The number of carbonyl (C=O) groups excluding carboxylic acids is 1. The molecule has 0 radical (unpaired) electrons. The second-order valence-electron chi connectivity index (χ2n) is 5.98. The van der Waals surface area contributed by atoms with Gasteiger partial charge in [-0.1, -0.05) is 0 Å². The van der Waals surface area contributed by atoms with E-state index in [0.717, 1.165) is 15.9 Å². The lowest BCUT2D eigenvalue weighted by Gasteiger charge is -2.14. The van der Waals surface area contributed by atoms with Gasteiger partial charge in [0.15, 0.2) is 0 Å². The van der Waals surface area contributed by atoms with E-state index in [-0.39, 0.29) is 11.6 Å². The second-order valence-corrected chi connectivity index (χ2v) is 6.78. The molecule has 0 spiro atoms.